The lowest BCUT2D eigenvalue weighted by atomic mass is 9.87. The van der Waals surface area contributed by atoms with Crippen LogP contribution in [0, 0.1) is 29.6 Å². The van der Waals surface area contributed by atoms with Crippen molar-refractivity contribution in [2.45, 2.75) is 34.1 Å². The van der Waals surface area contributed by atoms with Crippen LogP contribution in [0.5, 0.6) is 0 Å². The molecule has 0 aromatic carbocycles. The summed E-state index contributed by atoms with van der Waals surface area (Å²) in [5.74, 6) is 4.39. The summed E-state index contributed by atoms with van der Waals surface area (Å²) in [7, 11) is 0. The van der Waals surface area contributed by atoms with Crippen molar-refractivity contribution in [3.8, 4) is 0 Å². The zero-order chi connectivity index (χ0) is 9.30. The topological polar surface area (TPSA) is 26.0 Å². The highest BCUT2D eigenvalue weighted by molar-refractivity contribution is 4.89. The number of hydrogen-bond donors (Lipinski definition) is 1. The summed E-state index contributed by atoms with van der Waals surface area (Å²) < 4.78 is 0. The fourth-order valence-corrected chi connectivity index (χ4v) is 2.93. The summed E-state index contributed by atoms with van der Waals surface area (Å²) in [6, 6.07) is 0. The Morgan fingerprint density at radius 3 is 1.58 bits per heavy atom. The van der Waals surface area contributed by atoms with Crippen LogP contribution >= 0.6 is 0 Å². The minimum absolute atomic E-state index is 0.860. The predicted octanol–water partition coefficient (Wildman–Crippen LogP) is 2.51. The molecule has 0 bridgehead atoms. The third-order valence-electron chi connectivity index (χ3n) is 4.34. The van der Waals surface area contributed by atoms with Crippen molar-refractivity contribution in [3.63, 3.8) is 0 Å². The molecule has 0 saturated heterocycles. The van der Waals surface area contributed by atoms with Crippen LogP contribution in [-0.2, 0) is 0 Å². The van der Waals surface area contributed by atoms with Crippen molar-refractivity contribution in [3.05, 3.63) is 0 Å². The first-order valence-electron chi connectivity index (χ1n) is 5.29. The fourth-order valence-electron chi connectivity index (χ4n) is 2.93. The van der Waals surface area contributed by atoms with E-state index in [4.69, 9.17) is 5.73 Å². The molecule has 0 radical (unpaired) electrons. The fraction of sp³-hybridized carbons (Fsp3) is 1.00. The van der Waals surface area contributed by atoms with Crippen LogP contribution < -0.4 is 5.73 Å². The second-order valence-electron chi connectivity index (χ2n) is 4.68. The summed E-state index contributed by atoms with van der Waals surface area (Å²) in [6.45, 7) is 10.4. The maximum absolute atomic E-state index is 5.62. The van der Waals surface area contributed by atoms with Crippen molar-refractivity contribution < 1.29 is 0 Å². The van der Waals surface area contributed by atoms with Gasteiger partial charge in [0.1, 0.15) is 0 Å². The molecule has 4 unspecified atom stereocenters. The minimum Gasteiger partial charge on any atom is -0.330 e. The summed E-state index contributed by atoms with van der Waals surface area (Å²) >= 11 is 0. The molecule has 2 N–H and O–H groups in total. The average molecular weight is 169 g/mol. The van der Waals surface area contributed by atoms with Gasteiger partial charge in [-0.15, -0.1) is 0 Å². The van der Waals surface area contributed by atoms with Gasteiger partial charge in [-0.25, -0.2) is 0 Å². The first kappa shape index (κ1) is 10.0. The highest BCUT2D eigenvalue weighted by Gasteiger charge is 2.40. The van der Waals surface area contributed by atoms with E-state index >= 15 is 0 Å². The molecule has 0 aromatic heterocycles. The first-order valence-corrected chi connectivity index (χ1v) is 5.29. The lowest BCUT2D eigenvalue weighted by molar-refractivity contribution is 0.304. The van der Waals surface area contributed by atoms with Gasteiger partial charge in [-0.05, 0) is 42.6 Å². The Morgan fingerprint density at radius 2 is 1.25 bits per heavy atom. The molecule has 1 nitrogen and oxygen atoms in total. The molecule has 0 spiro atoms. The van der Waals surface area contributed by atoms with E-state index in [-0.39, 0.29) is 0 Å². The number of hydrogen-bond acceptors (Lipinski definition) is 1. The minimum atomic E-state index is 0.860. The monoisotopic (exact) mass is 169 g/mol. The maximum atomic E-state index is 5.62. The van der Waals surface area contributed by atoms with Gasteiger partial charge < -0.3 is 5.73 Å². The van der Waals surface area contributed by atoms with E-state index in [9.17, 15) is 0 Å². The molecule has 0 aromatic rings. The highest BCUT2D eigenvalue weighted by atomic mass is 14.6. The second-order valence-corrected chi connectivity index (χ2v) is 4.68. The third-order valence-corrected chi connectivity index (χ3v) is 4.34. The predicted molar refractivity (Wildman–Crippen MR) is 53.8 cm³/mol. The first-order chi connectivity index (χ1) is 5.59. The highest BCUT2D eigenvalue weighted by Crippen LogP contribution is 2.46. The quantitative estimate of drug-likeness (QED) is 0.675. The molecular weight excluding hydrogens is 146 g/mol. The Labute approximate surface area is 76.7 Å². The lowest BCUT2D eigenvalue weighted by Crippen LogP contribution is -2.17. The van der Waals surface area contributed by atoms with Crippen LogP contribution in [-0.4, -0.2) is 6.54 Å². The van der Waals surface area contributed by atoms with E-state index in [2.05, 4.69) is 27.7 Å². The Kier molecular flexibility index (Phi) is 3.16. The van der Waals surface area contributed by atoms with Crippen LogP contribution in [0.15, 0.2) is 0 Å². The smallest absolute Gasteiger partial charge is 0.00744 e. The van der Waals surface area contributed by atoms with Crippen LogP contribution in [0.2, 0.25) is 0 Å². The number of rotatable bonds is 2. The van der Waals surface area contributed by atoms with Crippen molar-refractivity contribution in [2.24, 2.45) is 35.3 Å². The molecule has 4 atom stereocenters. The van der Waals surface area contributed by atoms with Crippen molar-refractivity contribution in [1.29, 1.82) is 0 Å². The van der Waals surface area contributed by atoms with E-state index in [1.165, 1.54) is 6.42 Å². The van der Waals surface area contributed by atoms with Gasteiger partial charge in [0.25, 0.3) is 0 Å². The normalized spacial score (nSPS) is 48.2. The van der Waals surface area contributed by atoms with Gasteiger partial charge in [-0.1, -0.05) is 27.7 Å². The van der Waals surface area contributed by atoms with E-state index in [0.29, 0.717) is 0 Å². The van der Waals surface area contributed by atoms with Crippen LogP contribution in [0.25, 0.3) is 0 Å². The van der Waals surface area contributed by atoms with Crippen molar-refractivity contribution >= 4 is 0 Å². The Balaban J connectivity index is 2.62. The molecule has 0 amide bonds. The van der Waals surface area contributed by atoms with Crippen molar-refractivity contribution in [1.82, 2.24) is 0 Å². The molecule has 72 valence electrons. The van der Waals surface area contributed by atoms with Gasteiger partial charge in [0.2, 0.25) is 0 Å². The molecule has 1 saturated carbocycles. The molecule has 12 heavy (non-hydrogen) atoms. The van der Waals surface area contributed by atoms with Gasteiger partial charge >= 0.3 is 0 Å². The molecule has 1 heteroatoms. The van der Waals surface area contributed by atoms with Gasteiger partial charge in [-0.2, -0.15) is 0 Å². The maximum Gasteiger partial charge on any atom is -0.00744 e. The summed E-state index contributed by atoms with van der Waals surface area (Å²) in [5.41, 5.74) is 5.62. The van der Waals surface area contributed by atoms with Gasteiger partial charge in [0, 0.05) is 0 Å². The Bertz CT molecular complexity index is 130. The molecule has 0 heterocycles. The van der Waals surface area contributed by atoms with Gasteiger partial charge in [-0.3, -0.25) is 0 Å². The van der Waals surface area contributed by atoms with Gasteiger partial charge in [0.05, 0.1) is 0 Å². The largest absolute Gasteiger partial charge is 0.330 e. The van der Waals surface area contributed by atoms with E-state index in [1.807, 2.05) is 0 Å². The lowest BCUT2D eigenvalue weighted by Gasteiger charge is -2.20. The molecular formula is C11H23N. The molecule has 0 aliphatic heterocycles. The standard InChI is InChI=1S/C11H23N/c1-7-8(2)10(4)11(5-6-12)9(7)3/h7-11H,5-6,12H2,1-4H3. The van der Waals surface area contributed by atoms with Crippen LogP contribution in [0.4, 0.5) is 0 Å². The molecule has 1 fully saturated rings. The second kappa shape index (κ2) is 3.78. The molecule has 1 aliphatic carbocycles. The van der Waals surface area contributed by atoms with Crippen LogP contribution in [0.1, 0.15) is 34.1 Å². The average Bonchev–Trinajstić information content (AvgIpc) is 2.23. The Hall–Kier alpha value is -0.0400. The van der Waals surface area contributed by atoms with Crippen molar-refractivity contribution in [2.75, 3.05) is 6.54 Å². The molecule has 1 rings (SSSR count). The Morgan fingerprint density at radius 1 is 0.833 bits per heavy atom. The van der Waals surface area contributed by atoms with E-state index in [0.717, 1.165) is 36.1 Å². The van der Waals surface area contributed by atoms with E-state index in [1.54, 1.807) is 0 Å². The van der Waals surface area contributed by atoms with Gasteiger partial charge in [0.15, 0.2) is 0 Å². The summed E-state index contributed by atoms with van der Waals surface area (Å²) in [6.07, 6.45) is 1.22. The third kappa shape index (κ3) is 1.52. The molecule has 1 aliphatic rings. The SMILES string of the molecule is CC1C(C)C(C)C(CCN)C1C. The number of nitrogens with two attached hydrogens (primary N) is 1. The summed E-state index contributed by atoms with van der Waals surface area (Å²) in [4.78, 5) is 0. The zero-order valence-electron chi connectivity index (χ0n) is 8.88. The van der Waals surface area contributed by atoms with E-state index < -0.39 is 0 Å². The van der Waals surface area contributed by atoms with Crippen LogP contribution in [0.3, 0.4) is 0 Å². The zero-order valence-corrected chi connectivity index (χ0v) is 8.88. The summed E-state index contributed by atoms with van der Waals surface area (Å²) in [5, 5.41) is 0.